The summed E-state index contributed by atoms with van der Waals surface area (Å²) in [6.07, 6.45) is 3.69. The van der Waals surface area contributed by atoms with Gasteiger partial charge in [0.2, 0.25) is 5.76 Å². The second-order valence-corrected chi connectivity index (χ2v) is 7.32. The lowest BCUT2D eigenvalue weighted by molar-refractivity contribution is 0.0692. The van der Waals surface area contributed by atoms with Gasteiger partial charge >= 0.3 is 0 Å². The van der Waals surface area contributed by atoms with Gasteiger partial charge in [0, 0.05) is 42.5 Å². The Bertz CT molecular complexity index is 1060. The van der Waals surface area contributed by atoms with Gasteiger partial charge in [0.1, 0.15) is 17.2 Å². The molecule has 0 N–H and O–H groups in total. The molecule has 3 heterocycles. The first-order valence-electron chi connectivity index (χ1n) is 10.1. The Morgan fingerprint density at radius 3 is 2.80 bits per heavy atom. The molecule has 0 aliphatic carbocycles. The van der Waals surface area contributed by atoms with Crippen LogP contribution in [0.3, 0.4) is 0 Å². The summed E-state index contributed by atoms with van der Waals surface area (Å²) in [5.41, 5.74) is 3.30. The van der Waals surface area contributed by atoms with E-state index in [9.17, 15) is 4.79 Å². The number of aromatic nitrogens is 3. The molecule has 1 aliphatic heterocycles. The molecule has 1 fully saturated rings. The van der Waals surface area contributed by atoms with Crippen LogP contribution in [0.15, 0.2) is 35.0 Å². The fourth-order valence-electron chi connectivity index (χ4n) is 4.00. The van der Waals surface area contributed by atoms with Crippen LogP contribution in [-0.2, 0) is 6.54 Å². The minimum absolute atomic E-state index is 0.0866. The first kappa shape index (κ1) is 20.0. The maximum Gasteiger partial charge on any atom is 0.292 e. The average Bonchev–Trinajstić information content (AvgIpc) is 3.51. The van der Waals surface area contributed by atoms with Crippen LogP contribution < -0.4 is 9.47 Å². The van der Waals surface area contributed by atoms with Gasteiger partial charge in [-0.25, -0.2) is 0 Å². The number of aryl methyl sites for hydroxylation is 2. The summed E-state index contributed by atoms with van der Waals surface area (Å²) in [7, 11) is 3.24. The van der Waals surface area contributed by atoms with Crippen LogP contribution in [0.4, 0.5) is 0 Å². The van der Waals surface area contributed by atoms with Crippen molar-refractivity contribution in [2.75, 3.05) is 20.8 Å². The summed E-state index contributed by atoms with van der Waals surface area (Å²) in [5, 5.41) is 8.56. The molecule has 4 rings (SSSR count). The van der Waals surface area contributed by atoms with E-state index in [1.165, 1.54) is 0 Å². The van der Waals surface area contributed by atoms with Gasteiger partial charge in [0.15, 0.2) is 0 Å². The highest BCUT2D eigenvalue weighted by atomic mass is 16.5. The van der Waals surface area contributed by atoms with Gasteiger partial charge in [-0.2, -0.15) is 5.10 Å². The van der Waals surface area contributed by atoms with E-state index in [2.05, 4.69) is 10.3 Å². The maximum atomic E-state index is 13.3. The van der Waals surface area contributed by atoms with Crippen LogP contribution in [0.1, 0.15) is 47.6 Å². The molecule has 1 aliphatic rings. The predicted octanol–water partition coefficient (Wildman–Crippen LogP) is 3.86. The van der Waals surface area contributed by atoms with Crippen LogP contribution >= 0.6 is 0 Å². The van der Waals surface area contributed by atoms with Gasteiger partial charge in [-0.15, -0.1) is 0 Å². The number of hydrogen-bond donors (Lipinski definition) is 0. The number of ether oxygens (including phenoxy) is 2. The zero-order valence-electron chi connectivity index (χ0n) is 17.7. The third kappa shape index (κ3) is 3.53. The minimum Gasteiger partial charge on any atom is -0.497 e. The largest absolute Gasteiger partial charge is 0.497 e. The third-order valence-electron chi connectivity index (χ3n) is 5.58. The molecule has 158 valence electrons. The Morgan fingerprint density at radius 1 is 1.27 bits per heavy atom. The SMILES string of the molecule is CCn1cc(-c2cc(C(=O)N3CCCC3c3ccc(OC)cc3OC)on2)c(C)n1. The van der Waals surface area contributed by atoms with E-state index in [4.69, 9.17) is 14.0 Å². The summed E-state index contributed by atoms with van der Waals surface area (Å²) in [5.74, 6) is 1.48. The van der Waals surface area contributed by atoms with Crippen molar-refractivity contribution in [2.45, 2.75) is 39.3 Å². The number of carbonyl (C=O) groups excluding carboxylic acids is 1. The number of nitrogens with zero attached hydrogens (tertiary/aromatic N) is 4. The fraction of sp³-hybridized carbons (Fsp3) is 0.409. The van der Waals surface area contributed by atoms with Crippen LogP contribution in [-0.4, -0.2) is 46.5 Å². The Morgan fingerprint density at radius 2 is 2.10 bits per heavy atom. The molecule has 0 spiro atoms. The van der Waals surface area contributed by atoms with Crippen molar-refractivity contribution in [1.29, 1.82) is 0 Å². The van der Waals surface area contributed by atoms with Crippen molar-refractivity contribution < 1.29 is 18.8 Å². The Kier molecular flexibility index (Phi) is 5.48. The number of hydrogen-bond acceptors (Lipinski definition) is 6. The molecule has 30 heavy (non-hydrogen) atoms. The van der Waals surface area contributed by atoms with Gasteiger partial charge in [-0.1, -0.05) is 5.16 Å². The van der Waals surface area contributed by atoms with E-state index in [0.717, 1.165) is 36.2 Å². The van der Waals surface area contributed by atoms with E-state index in [1.54, 1.807) is 20.3 Å². The summed E-state index contributed by atoms with van der Waals surface area (Å²) in [6.45, 7) is 5.37. The number of likely N-dealkylation sites (tertiary alicyclic amines) is 1. The van der Waals surface area contributed by atoms with Gasteiger partial charge in [-0.05, 0) is 38.8 Å². The molecule has 1 saturated heterocycles. The van der Waals surface area contributed by atoms with E-state index in [1.807, 2.05) is 47.8 Å². The number of methoxy groups -OCH3 is 2. The zero-order valence-corrected chi connectivity index (χ0v) is 17.7. The predicted molar refractivity (Wildman–Crippen MR) is 111 cm³/mol. The second-order valence-electron chi connectivity index (χ2n) is 7.32. The molecule has 0 bridgehead atoms. The lowest BCUT2D eigenvalue weighted by Gasteiger charge is -2.25. The quantitative estimate of drug-likeness (QED) is 0.614. The summed E-state index contributed by atoms with van der Waals surface area (Å²) in [6, 6.07) is 7.31. The number of rotatable bonds is 6. The normalized spacial score (nSPS) is 16.1. The molecule has 8 nitrogen and oxygen atoms in total. The van der Waals surface area contributed by atoms with Crippen molar-refractivity contribution in [3.63, 3.8) is 0 Å². The first-order valence-corrected chi connectivity index (χ1v) is 10.1. The Hall–Kier alpha value is -3.29. The Labute approximate surface area is 175 Å². The van der Waals surface area contributed by atoms with Gasteiger partial charge < -0.3 is 18.9 Å². The minimum atomic E-state index is -0.172. The van der Waals surface area contributed by atoms with E-state index in [0.29, 0.717) is 23.7 Å². The standard InChI is InChI=1S/C22H26N4O4/c1-5-25-13-17(14(2)23-25)18-12-21(30-24-18)22(27)26-10-6-7-19(26)16-9-8-15(28-3)11-20(16)29-4/h8-9,11-13,19H,5-7,10H2,1-4H3. The third-order valence-corrected chi connectivity index (χ3v) is 5.58. The van der Waals surface area contributed by atoms with Crippen molar-refractivity contribution in [1.82, 2.24) is 19.8 Å². The summed E-state index contributed by atoms with van der Waals surface area (Å²) in [4.78, 5) is 15.1. The monoisotopic (exact) mass is 410 g/mol. The smallest absolute Gasteiger partial charge is 0.292 e. The molecule has 3 aromatic rings. The van der Waals surface area contributed by atoms with Gasteiger partial charge in [0.25, 0.3) is 5.91 Å². The molecule has 0 radical (unpaired) electrons. The highest BCUT2D eigenvalue weighted by Gasteiger charge is 2.34. The average molecular weight is 410 g/mol. The molecule has 8 heteroatoms. The topological polar surface area (TPSA) is 82.6 Å². The second kappa shape index (κ2) is 8.22. The summed E-state index contributed by atoms with van der Waals surface area (Å²) >= 11 is 0. The van der Waals surface area contributed by atoms with E-state index in [-0.39, 0.29) is 17.7 Å². The highest BCUT2D eigenvalue weighted by molar-refractivity contribution is 5.93. The zero-order chi connectivity index (χ0) is 21.3. The molecule has 1 unspecified atom stereocenters. The molecular formula is C22H26N4O4. The molecule has 0 saturated carbocycles. The van der Waals surface area contributed by atoms with Crippen molar-refractivity contribution in [3.05, 3.63) is 47.5 Å². The van der Waals surface area contributed by atoms with Crippen LogP contribution in [0.25, 0.3) is 11.3 Å². The van der Waals surface area contributed by atoms with Crippen molar-refractivity contribution in [3.8, 4) is 22.8 Å². The maximum absolute atomic E-state index is 13.3. The van der Waals surface area contributed by atoms with Gasteiger partial charge in [0.05, 0.1) is 26.0 Å². The molecule has 1 amide bonds. The summed E-state index contributed by atoms with van der Waals surface area (Å²) < 4.78 is 18.1. The highest BCUT2D eigenvalue weighted by Crippen LogP contribution is 2.39. The Balaban J connectivity index is 1.60. The van der Waals surface area contributed by atoms with Crippen molar-refractivity contribution in [2.24, 2.45) is 0 Å². The molecule has 1 aromatic carbocycles. The lowest BCUT2D eigenvalue weighted by Crippen LogP contribution is -2.30. The molecule has 2 aromatic heterocycles. The fourth-order valence-corrected chi connectivity index (χ4v) is 4.00. The van der Waals surface area contributed by atoms with Gasteiger partial charge in [-0.3, -0.25) is 9.48 Å². The van der Waals surface area contributed by atoms with E-state index < -0.39 is 0 Å². The first-order chi connectivity index (χ1) is 14.5. The van der Waals surface area contributed by atoms with Crippen LogP contribution in [0.2, 0.25) is 0 Å². The number of benzene rings is 1. The van der Waals surface area contributed by atoms with Crippen LogP contribution in [0.5, 0.6) is 11.5 Å². The number of carbonyl (C=O) groups is 1. The molecular weight excluding hydrogens is 384 g/mol. The van der Waals surface area contributed by atoms with E-state index >= 15 is 0 Å². The van der Waals surface area contributed by atoms with Crippen LogP contribution in [0, 0.1) is 6.92 Å². The lowest BCUT2D eigenvalue weighted by atomic mass is 10.0. The molecule has 1 atom stereocenters. The number of amides is 1. The van der Waals surface area contributed by atoms with Crippen molar-refractivity contribution >= 4 is 5.91 Å².